The number of hydrogen-bond donors (Lipinski definition) is 0. The molecule has 36 valence electrons. The first-order valence-corrected chi connectivity index (χ1v) is 0. The quantitative estimate of drug-likeness (QED) is 0.375. The molecular weight excluding hydrogens is 149 g/mol. The van der Waals surface area contributed by atoms with E-state index in [-0.39, 0.29) is 49.2 Å². The van der Waals surface area contributed by atoms with E-state index in [1.165, 1.54) is 0 Å². The van der Waals surface area contributed by atoms with Gasteiger partial charge in [0.05, 0.1) is 0 Å². The van der Waals surface area contributed by atoms with E-state index >= 15 is 0 Å². The van der Waals surface area contributed by atoms with Crippen LogP contribution in [0.15, 0.2) is 0 Å². The molecule has 0 bridgehead atoms. The Morgan fingerprint density at radius 1 is 0.400 bits per heavy atom. The molecule has 0 atom stereocenters. The maximum atomic E-state index is 0. The zero-order chi connectivity index (χ0) is 0. The molecule has 0 aliphatic carbocycles. The Hall–Kier alpha value is 0.623. The van der Waals surface area contributed by atoms with E-state index in [9.17, 15) is 0 Å². The maximum Gasteiger partial charge on any atom is 4.00 e. The van der Waals surface area contributed by atoms with E-state index < -0.39 is 0 Å². The summed E-state index contributed by atoms with van der Waals surface area (Å²) in [7, 11) is 0. The van der Waals surface area contributed by atoms with Crippen molar-refractivity contribution in [3.05, 3.63) is 29.7 Å². The number of hydrogen-bond acceptors (Lipinski definition) is 0. The van der Waals surface area contributed by atoms with Gasteiger partial charge in [-0.3, -0.25) is 0 Å². The molecule has 0 aromatic heterocycles. The molecule has 0 aliphatic heterocycles. The van der Waals surface area contributed by atoms with Crippen molar-refractivity contribution in [1.29, 1.82) is 0 Å². The van der Waals surface area contributed by atoms with Crippen LogP contribution in [-0.4, -0.2) is 0 Å². The summed E-state index contributed by atoms with van der Waals surface area (Å²) >= 11 is 0. The molecule has 0 rings (SSSR count). The van der Waals surface area contributed by atoms with Gasteiger partial charge in [0.25, 0.3) is 0 Å². The second-order valence-electron chi connectivity index (χ2n) is 0. The van der Waals surface area contributed by atoms with Crippen LogP contribution in [0.3, 0.4) is 0 Å². The molecule has 0 spiro atoms. The van der Waals surface area contributed by atoms with Crippen molar-refractivity contribution in [2.24, 2.45) is 0 Å². The summed E-state index contributed by atoms with van der Waals surface area (Å²) < 4.78 is 0. The molecule has 0 aromatic rings. The number of rotatable bonds is 0. The molecular formula is C4H12Ru. The van der Waals surface area contributed by atoms with Gasteiger partial charge in [-0.15, -0.1) is 0 Å². The fourth-order valence-corrected chi connectivity index (χ4v) is 0. The van der Waals surface area contributed by atoms with Crippen molar-refractivity contribution in [2.75, 3.05) is 0 Å². The largest absolute Gasteiger partial charge is 4.00 e. The summed E-state index contributed by atoms with van der Waals surface area (Å²) in [5.41, 5.74) is 0. The Bertz CT molecular complexity index is 3.61. The van der Waals surface area contributed by atoms with E-state index in [1.54, 1.807) is 0 Å². The first-order valence-electron chi connectivity index (χ1n) is 0. The minimum atomic E-state index is 0. The van der Waals surface area contributed by atoms with Gasteiger partial charge in [0.1, 0.15) is 0 Å². The maximum absolute atomic E-state index is 0. The third kappa shape index (κ3) is 81.9. The molecule has 1 heteroatoms. The van der Waals surface area contributed by atoms with Crippen LogP contribution in [0.25, 0.3) is 0 Å². The van der Waals surface area contributed by atoms with Crippen LogP contribution >= 0.6 is 0 Å². The Morgan fingerprint density at radius 3 is 0.400 bits per heavy atom. The van der Waals surface area contributed by atoms with Gasteiger partial charge in [-0.2, -0.15) is 0 Å². The fraction of sp³-hybridized carbons (Fsp3) is 0. The zero-order valence-corrected chi connectivity index (χ0v) is 6.09. The van der Waals surface area contributed by atoms with Crippen LogP contribution in [0.2, 0.25) is 0 Å². The van der Waals surface area contributed by atoms with Crippen LogP contribution in [-0.2, 0) is 19.5 Å². The zero-order valence-electron chi connectivity index (χ0n) is 4.35. The molecule has 0 nitrogen and oxygen atoms in total. The normalized spacial score (nSPS) is 0. The predicted molar refractivity (Wildman–Crippen MR) is 25.7 cm³/mol. The van der Waals surface area contributed by atoms with E-state index in [0.29, 0.717) is 0 Å². The second-order valence-corrected chi connectivity index (χ2v) is 0. The van der Waals surface area contributed by atoms with Crippen LogP contribution < -0.4 is 0 Å². The van der Waals surface area contributed by atoms with Crippen LogP contribution in [0.1, 0.15) is 0 Å². The topological polar surface area (TPSA) is 0 Å². The molecule has 0 saturated carbocycles. The summed E-state index contributed by atoms with van der Waals surface area (Å²) in [6, 6.07) is 0. The van der Waals surface area contributed by atoms with Gasteiger partial charge in [0.15, 0.2) is 0 Å². The monoisotopic (exact) mass is 162 g/mol. The molecule has 0 N–H and O–H groups in total. The van der Waals surface area contributed by atoms with E-state index in [4.69, 9.17) is 0 Å². The smallest absolute Gasteiger partial charge is 0.358 e. The van der Waals surface area contributed by atoms with Gasteiger partial charge in [-0.05, 0) is 0 Å². The Balaban J connectivity index is 0. The molecule has 0 saturated heterocycles. The van der Waals surface area contributed by atoms with Gasteiger partial charge in [0, 0.05) is 0 Å². The van der Waals surface area contributed by atoms with Gasteiger partial charge >= 0.3 is 19.5 Å². The Kier molecular flexibility index (Phi) is 9660. The van der Waals surface area contributed by atoms with Crippen molar-refractivity contribution in [1.82, 2.24) is 0 Å². The Labute approximate surface area is 49.7 Å². The predicted octanol–water partition coefficient (Wildman–Crippen LogP) is 1.80. The molecule has 0 aliphatic rings. The molecule has 0 unspecified atom stereocenters. The summed E-state index contributed by atoms with van der Waals surface area (Å²) in [5, 5.41) is 0. The minimum absolute atomic E-state index is 0. The van der Waals surface area contributed by atoms with Gasteiger partial charge in [0.2, 0.25) is 0 Å². The standard InChI is InChI=1S/4CH3.Ru/h4*1H3;/q4*-1;+4. The summed E-state index contributed by atoms with van der Waals surface area (Å²) in [6.07, 6.45) is 0. The van der Waals surface area contributed by atoms with Crippen molar-refractivity contribution in [3.63, 3.8) is 0 Å². The fourth-order valence-electron chi connectivity index (χ4n) is 0. The third-order valence-corrected chi connectivity index (χ3v) is 0. The van der Waals surface area contributed by atoms with Crippen LogP contribution in [0.5, 0.6) is 0 Å². The van der Waals surface area contributed by atoms with E-state index in [0.717, 1.165) is 0 Å². The summed E-state index contributed by atoms with van der Waals surface area (Å²) in [5.74, 6) is 0. The average Bonchev–Trinajstić information content (AvgIpc) is 0. The molecule has 5 heavy (non-hydrogen) atoms. The average molecular weight is 161 g/mol. The second kappa shape index (κ2) is 156. The van der Waals surface area contributed by atoms with E-state index in [2.05, 4.69) is 0 Å². The molecule has 0 heterocycles. The Morgan fingerprint density at radius 2 is 0.400 bits per heavy atom. The van der Waals surface area contributed by atoms with Crippen molar-refractivity contribution in [2.45, 2.75) is 0 Å². The van der Waals surface area contributed by atoms with Gasteiger partial charge in [-0.25, -0.2) is 0 Å². The van der Waals surface area contributed by atoms with Crippen molar-refractivity contribution in [3.8, 4) is 0 Å². The van der Waals surface area contributed by atoms with Crippen LogP contribution in [0, 0.1) is 29.7 Å². The molecule has 0 amide bonds. The SMILES string of the molecule is [CH3-].[CH3-].[CH3-].[CH3-].[Ru+4]. The van der Waals surface area contributed by atoms with E-state index in [1.807, 2.05) is 0 Å². The third-order valence-electron chi connectivity index (χ3n) is 0. The van der Waals surface area contributed by atoms with Crippen LogP contribution in [0.4, 0.5) is 0 Å². The minimum Gasteiger partial charge on any atom is -0.358 e. The van der Waals surface area contributed by atoms with Crippen molar-refractivity contribution < 1.29 is 19.5 Å². The summed E-state index contributed by atoms with van der Waals surface area (Å²) in [6.45, 7) is 0. The molecule has 0 aromatic carbocycles. The molecule has 0 radical (unpaired) electrons. The first kappa shape index (κ1) is 309. The van der Waals surface area contributed by atoms with Crippen molar-refractivity contribution >= 4 is 0 Å². The first-order chi connectivity index (χ1) is 0. The summed E-state index contributed by atoms with van der Waals surface area (Å²) in [4.78, 5) is 0. The van der Waals surface area contributed by atoms with Gasteiger partial charge < -0.3 is 29.7 Å². The molecule has 0 fully saturated rings. The van der Waals surface area contributed by atoms with Gasteiger partial charge in [-0.1, -0.05) is 0 Å².